The number of ether oxygens (including phenoxy) is 5. The number of benzene rings is 2. The average Bonchev–Trinajstić information content (AvgIpc) is 2.95. The van der Waals surface area contributed by atoms with E-state index < -0.39 is 23.9 Å². The molecule has 0 spiro atoms. The quantitative estimate of drug-likeness (QED) is 0.126. The maximum atomic E-state index is 12.7. The molecule has 0 bridgehead atoms. The highest BCUT2D eigenvalue weighted by atomic mass is 79.9. The van der Waals surface area contributed by atoms with E-state index in [-0.39, 0.29) is 26.4 Å². The van der Waals surface area contributed by atoms with Gasteiger partial charge in [-0.2, -0.15) is 5.10 Å². The van der Waals surface area contributed by atoms with Crippen LogP contribution in [0.5, 0.6) is 17.2 Å². The lowest BCUT2D eigenvalue weighted by Crippen LogP contribution is -2.45. The van der Waals surface area contributed by atoms with Crippen molar-refractivity contribution in [2.24, 2.45) is 5.10 Å². The third-order valence-corrected chi connectivity index (χ3v) is 6.59. The molecule has 0 saturated heterocycles. The summed E-state index contributed by atoms with van der Waals surface area (Å²) >= 11 is 8.72. The second kappa shape index (κ2) is 15.7. The third-order valence-electron chi connectivity index (χ3n) is 5.68. The Labute approximate surface area is 256 Å². The van der Waals surface area contributed by atoms with Crippen molar-refractivity contribution in [3.05, 3.63) is 63.3 Å². The zero-order valence-electron chi connectivity index (χ0n) is 23.4. The highest BCUT2D eigenvalue weighted by Gasteiger charge is 2.32. The molecule has 0 fully saturated rings. The summed E-state index contributed by atoms with van der Waals surface area (Å²) in [5, 5.41) is 10.4. The number of hydrogen-bond donors (Lipinski definition) is 3. The van der Waals surface area contributed by atoms with Crippen molar-refractivity contribution in [2.45, 2.75) is 26.8 Å². The standard InChI is InChI=1S/C28H31BrN4O8S/c1-5-38-24(35)15-41-22-12-19(29)17(11-21(22)37-4)13-30-33-23(34)14-40-20-10-8-7-9-18(20)26-25(27(36)39-6-2)16(3)31-28(42)32-26/h7-13,26H,5-6,14-15H2,1-4H3,(H,33,34)(H2,31,32,42)/t26-/m0/s1. The number of esters is 2. The van der Waals surface area contributed by atoms with Gasteiger partial charge in [0.2, 0.25) is 0 Å². The summed E-state index contributed by atoms with van der Waals surface area (Å²) in [6.45, 7) is 5.00. The van der Waals surface area contributed by atoms with Crippen molar-refractivity contribution in [3.8, 4) is 17.2 Å². The number of amides is 1. The van der Waals surface area contributed by atoms with E-state index in [0.717, 1.165) is 0 Å². The maximum absolute atomic E-state index is 12.7. The zero-order valence-corrected chi connectivity index (χ0v) is 25.8. The van der Waals surface area contributed by atoms with Crippen LogP contribution < -0.4 is 30.3 Å². The number of carbonyl (C=O) groups excluding carboxylic acids is 3. The summed E-state index contributed by atoms with van der Waals surface area (Å²) < 4.78 is 27.3. The molecule has 12 nitrogen and oxygen atoms in total. The number of rotatable bonds is 13. The van der Waals surface area contributed by atoms with E-state index >= 15 is 0 Å². The molecular weight excluding hydrogens is 632 g/mol. The van der Waals surface area contributed by atoms with Crippen LogP contribution in [-0.4, -0.2) is 62.7 Å². The van der Waals surface area contributed by atoms with Crippen LogP contribution in [0.15, 0.2) is 57.2 Å². The molecule has 1 atom stereocenters. The van der Waals surface area contributed by atoms with Crippen molar-refractivity contribution in [1.29, 1.82) is 0 Å². The van der Waals surface area contributed by atoms with Gasteiger partial charge in [-0.25, -0.2) is 15.0 Å². The van der Waals surface area contributed by atoms with Crippen LogP contribution in [0.3, 0.4) is 0 Å². The number of hydrazone groups is 1. The van der Waals surface area contributed by atoms with Crippen LogP contribution in [0.25, 0.3) is 0 Å². The fourth-order valence-corrected chi connectivity index (χ4v) is 4.56. The second-order valence-corrected chi connectivity index (χ2v) is 9.79. The predicted octanol–water partition coefficient (Wildman–Crippen LogP) is 3.28. The molecular formula is C28H31BrN4O8S. The van der Waals surface area contributed by atoms with E-state index in [0.29, 0.717) is 49.2 Å². The predicted molar refractivity (Wildman–Crippen MR) is 161 cm³/mol. The Kier molecular flexibility index (Phi) is 12.1. The molecule has 0 radical (unpaired) electrons. The number of nitrogens with zero attached hydrogens (tertiary/aromatic N) is 1. The number of thiocarbonyl (C=S) groups is 1. The van der Waals surface area contributed by atoms with E-state index in [1.807, 2.05) is 0 Å². The molecule has 0 aliphatic carbocycles. The van der Waals surface area contributed by atoms with Gasteiger partial charge >= 0.3 is 11.9 Å². The summed E-state index contributed by atoms with van der Waals surface area (Å²) in [7, 11) is 1.46. The SMILES string of the molecule is CCOC(=O)COc1cc(Br)c(C=NNC(=O)COc2ccccc2[C@@H]2NC(=S)NC(C)=C2C(=O)OCC)cc1OC. The number of hydrogen-bond acceptors (Lipinski definition) is 10. The normalized spacial score (nSPS) is 14.5. The minimum Gasteiger partial charge on any atom is -0.493 e. The summed E-state index contributed by atoms with van der Waals surface area (Å²) in [5.74, 6) is -0.469. The molecule has 2 aromatic rings. The number of methoxy groups -OCH3 is 1. The first-order valence-corrected chi connectivity index (χ1v) is 14.0. The summed E-state index contributed by atoms with van der Waals surface area (Å²) in [4.78, 5) is 36.9. The van der Waals surface area contributed by atoms with Gasteiger partial charge in [-0.15, -0.1) is 0 Å². The lowest BCUT2D eigenvalue weighted by atomic mass is 9.95. The highest BCUT2D eigenvalue weighted by molar-refractivity contribution is 9.10. The van der Waals surface area contributed by atoms with Crippen LogP contribution >= 0.6 is 28.1 Å². The molecule has 2 aromatic carbocycles. The van der Waals surface area contributed by atoms with Gasteiger partial charge in [-0.1, -0.05) is 18.2 Å². The molecule has 3 rings (SSSR count). The summed E-state index contributed by atoms with van der Waals surface area (Å²) in [6.07, 6.45) is 1.41. The van der Waals surface area contributed by atoms with Crippen molar-refractivity contribution in [3.63, 3.8) is 0 Å². The average molecular weight is 664 g/mol. The first-order chi connectivity index (χ1) is 20.2. The van der Waals surface area contributed by atoms with Gasteiger partial charge in [0.15, 0.2) is 29.8 Å². The van der Waals surface area contributed by atoms with Crippen LogP contribution in [0.2, 0.25) is 0 Å². The molecule has 1 heterocycles. The van der Waals surface area contributed by atoms with Gasteiger partial charge in [-0.3, -0.25) is 4.79 Å². The fourth-order valence-electron chi connectivity index (χ4n) is 3.87. The Hall–Kier alpha value is -4.17. The Balaban J connectivity index is 1.67. The number of nitrogens with one attached hydrogen (secondary N) is 3. The molecule has 1 aliphatic rings. The van der Waals surface area contributed by atoms with Crippen LogP contribution in [0, 0.1) is 0 Å². The molecule has 224 valence electrons. The molecule has 0 unspecified atom stereocenters. The number of para-hydroxylation sites is 1. The van der Waals surface area contributed by atoms with E-state index in [4.69, 9.17) is 35.9 Å². The fraction of sp³-hybridized carbons (Fsp3) is 0.321. The number of carbonyl (C=O) groups is 3. The third kappa shape index (κ3) is 8.66. The topological polar surface area (TPSA) is 146 Å². The van der Waals surface area contributed by atoms with Crippen LogP contribution in [0.1, 0.15) is 37.9 Å². The second-order valence-electron chi connectivity index (χ2n) is 8.53. The maximum Gasteiger partial charge on any atom is 0.344 e. The molecule has 0 saturated carbocycles. The van der Waals surface area contributed by atoms with Gasteiger partial charge in [0.25, 0.3) is 5.91 Å². The monoisotopic (exact) mass is 662 g/mol. The van der Waals surface area contributed by atoms with E-state index in [2.05, 4.69) is 37.1 Å². The molecule has 0 aromatic heterocycles. The minimum atomic E-state index is -0.647. The van der Waals surface area contributed by atoms with Crippen molar-refractivity contribution in [2.75, 3.05) is 33.5 Å². The molecule has 14 heteroatoms. The highest BCUT2D eigenvalue weighted by Crippen LogP contribution is 2.34. The Morgan fingerprint density at radius 3 is 2.48 bits per heavy atom. The van der Waals surface area contributed by atoms with Crippen LogP contribution in [-0.2, 0) is 23.9 Å². The molecule has 42 heavy (non-hydrogen) atoms. The zero-order chi connectivity index (χ0) is 30.6. The number of allylic oxidation sites excluding steroid dienone is 1. The lowest BCUT2D eigenvalue weighted by molar-refractivity contribution is -0.145. The van der Waals surface area contributed by atoms with Gasteiger partial charge in [0.1, 0.15) is 5.75 Å². The molecule has 1 aliphatic heterocycles. The summed E-state index contributed by atoms with van der Waals surface area (Å²) in [6, 6.07) is 9.59. The Bertz CT molecular complexity index is 1400. The number of halogens is 1. The Morgan fingerprint density at radius 2 is 1.76 bits per heavy atom. The summed E-state index contributed by atoms with van der Waals surface area (Å²) in [5.41, 5.74) is 4.50. The van der Waals surface area contributed by atoms with E-state index in [1.165, 1.54) is 13.3 Å². The van der Waals surface area contributed by atoms with Crippen molar-refractivity contribution in [1.82, 2.24) is 16.1 Å². The largest absolute Gasteiger partial charge is 0.493 e. The van der Waals surface area contributed by atoms with E-state index in [9.17, 15) is 14.4 Å². The van der Waals surface area contributed by atoms with Gasteiger partial charge in [-0.05, 0) is 67.1 Å². The minimum absolute atomic E-state index is 0.211. The first kappa shape index (κ1) is 32.3. The lowest BCUT2D eigenvalue weighted by Gasteiger charge is -2.30. The van der Waals surface area contributed by atoms with Gasteiger partial charge < -0.3 is 34.3 Å². The first-order valence-electron chi connectivity index (χ1n) is 12.8. The van der Waals surface area contributed by atoms with Crippen molar-refractivity contribution < 1.29 is 38.1 Å². The smallest absolute Gasteiger partial charge is 0.344 e. The van der Waals surface area contributed by atoms with Gasteiger partial charge in [0.05, 0.1) is 38.2 Å². The molecule has 1 amide bonds. The Morgan fingerprint density at radius 1 is 1.05 bits per heavy atom. The van der Waals surface area contributed by atoms with Crippen molar-refractivity contribution >= 4 is 57.3 Å². The van der Waals surface area contributed by atoms with E-state index in [1.54, 1.807) is 57.2 Å². The van der Waals surface area contributed by atoms with Gasteiger partial charge in [0, 0.05) is 21.3 Å². The van der Waals surface area contributed by atoms with Crippen LogP contribution in [0.4, 0.5) is 0 Å². The molecule has 3 N–H and O–H groups in total.